The summed E-state index contributed by atoms with van der Waals surface area (Å²) in [5, 5.41) is 21.3. The average molecular weight is 288 g/mol. The average Bonchev–Trinajstić information content (AvgIpc) is 3.01. The van der Waals surface area contributed by atoms with Crippen LogP contribution in [0, 0.1) is 6.92 Å². The van der Waals surface area contributed by atoms with Crippen molar-refractivity contribution in [3.8, 4) is 0 Å². The maximum atomic E-state index is 10.9. The Morgan fingerprint density at radius 2 is 2.29 bits per heavy atom. The Labute approximate surface area is 123 Å². The molecule has 21 heavy (non-hydrogen) atoms. The van der Waals surface area contributed by atoms with Crippen molar-refractivity contribution in [2.24, 2.45) is 0 Å². The molecule has 1 saturated heterocycles. The molecule has 0 bridgehead atoms. The van der Waals surface area contributed by atoms with Crippen LogP contribution in [0.4, 0.5) is 5.82 Å². The number of β-amino-alcohol motifs (C(OH)–C–C–N with tert-alkyl or cyclic N) is 1. The summed E-state index contributed by atoms with van der Waals surface area (Å²) in [6, 6.07) is 1.97. The number of anilines is 1. The summed E-state index contributed by atoms with van der Waals surface area (Å²) in [5.41, 5.74) is 0.567. The highest BCUT2D eigenvalue weighted by molar-refractivity contribution is 5.41. The molecule has 0 spiro atoms. The third-order valence-electron chi connectivity index (χ3n) is 3.89. The van der Waals surface area contributed by atoms with Gasteiger partial charge in [0, 0.05) is 24.7 Å². The van der Waals surface area contributed by atoms with E-state index in [1.54, 1.807) is 6.20 Å². The van der Waals surface area contributed by atoms with Crippen LogP contribution in [0.3, 0.4) is 0 Å². The Morgan fingerprint density at radius 3 is 3.00 bits per heavy atom. The van der Waals surface area contributed by atoms with E-state index in [9.17, 15) is 5.11 Å². The van der Waals surface area contributed by atoms with Gasteiger partial charge >= 0.3 is 0 Å². The number of nitrogens with one attached hydrogen (secondary N) is 1. The van der Waals surface area contributed by atoms with Gasteiger partial charge < -0.3 is 10.0 Å². The number of nitrogens with zero attached hydrogens (tertiary/aromatic N) is 5. The van der Waals surface area contributed by atoms with E-state index in [1.807, 2.05) is 19.9 Å². The SMILES string of the molecule is CCc1nc(C)cc(N2CCC[C@](O)(c3cn[nH]n3)C2)n1. The van der Waals surface area contributed by atoms with Crippen molar-refractivity contribution >= 4 is 5.82 Å². The van der Waals surface area contributed by atoms with Crippen LogP contribution >= 0.6 is 0 Å². The molecule has 1 atom stereocenters. The van der Waals surface area contributed by atoms with E-state index in [0.29, 0.717) is 18.7 Å². The van der Waals surface area contributed by atoms with Gasteiger partial charge in [0.05, 0.1) is 12.7 Å². The van der Waals surface area contributed by atoms with Crippen LogP contribution in [0.2, 0.25) is 0 Å². The van der Waals surface area contributed by atoms with Crippen LogP contribution in [0.5, 0.6) is 0 Å². The van der Waals surface area contributed by atoms with E-state index in [-0.39, 0.29) is 0 Å². The number of hydrogen-bond acceptors (Lipinski definition) is 6. The molecule has 1 aliphatic heterocycles. The highest BCUT2D eigenvalue weighted by Gasteiger charge is 2.37. The fourth-order valence-corrected chi connectivity index (χ4v) is 2.80. The van der Waals surface area contributed by atoms with Gasteiger partial charge in [0.1, 0.15) is 22.9 Å². The Hall–Kier alpha value is -2.02. The van der Waals surface area contributed by atoms with Crippen LogP contribution < -0.4 is 4.90 Å². The van der Waals surface area contributed by atoms with Crippen LogP contribution in [0.15, 0.2) is 12.3 Å². The molecule has 0 radical (unpaired) electrons. The Balaban J connectivity index is 1.88. The predicted molar refractivity (Wildman–Crippen MR) is 77.9 cm³/mol. The summed E-state index contributed by atoms with van der Waals surface area (Å²) in [4.78, 5) is 11.1. The van der Waals surface area contributed by atoms with Gasteiger partial charge in [-0.2, -0.15) is 15.4 Å². The smallest absolute Gasteiger partial charge is 0.132 e. The van der Waals surface area contributed by atoms with Crippen molar-refractivity contribution in [2.75, 3.05) is 18.0 Å². The minimum Gasteiger partial charge on any atom is -0.382 e. The van der Waals surface area contributed by atoms with Crippen LogP contribution in [-0.4, -0.2) is 43.6 Å². The molecule has 3 heterocycles. The molecule has 0 amide bonds. The summed E-state index contributed by atoms with van der Waals surface area (Å²) in [5.74, 6) is 1.71. The molecule has 0 aromatic carbocycles. The van der Waals surface area contributed by atoms with Crippen molar-refractivity contribution in [1.82, 2.24) is 25.4 Å². The lowest BCUT2D eigenvalue weighted by Crippen LogP contribution is -2.46. The summed E-state index contributed by atoms with van der Waals surface area (Å²) < 4.78 is 0. The summed E-state index contributed by atoms with van der Waals surface area (Å²) in [6.07, 6.45) is 3.96. The van der Waals surface area contributed by atoms with Crippen molar-refractivity contribution in [1.29, 1.82) is 0 Å². The Bertz CT molecular complexity index is 614. The van der Waals surface area contributed by atoms with E-state index < -0.39 is 5.60 Å². The van der Waals surface area contributed by atoms with E-state index in [0.717, 1.165) is 36.7 Å². The first kappa shape index (κ1) is 13.9. The Morgan fingerprint density at radius 1 is 1.43 bits per heavy atom. The van der Waals surface area contributed by atoms with Gasteiger partial charge in [-0.15, -0.1) is 0 Å². The third-order valence-corrected chi connectivity index (χ3v) is 3.89. The molecule has 3 rings (SSSR count). The topological polar surface area (TPSA) is 90.8 Å². The van der Waals surface area contributed by atoms with Gasteiger partial charge in [-0.3, -0.25) is 0 Å². The number of hydrogen-bond donors (Lipinski definition) is 2. The summed E-state index contributed by atoms with van der Waals surface area (Å²) in [7, 11) is 0. The maximum Gasteiger partial charge on any atom is 0.132 e. The fraction of sp³-hybridized carbons (Fsp3) is 0.571. The van der Waals surface area contributed by atoms with Crippen LogP contribution in [0.1, 0.15) is 37.0 Å². The number of aromatic amines is 1. The minimum absolute atomic E-state index is 0.471. The zero-order chi connectivity index (χ0) is 14.9. The second-order valence-corrected chi connectivity index (χ2v) is 5.55. The fourth-order valence-electron chi connectivity index (χ4n) is 2.80. The van der Waals surface area contributed by atoms with Crippen LogP contribution in [0.25, 0.3) is 0 Å². The van der Waals surface area contributed by atoms with Gasteiger partial charge in [0.25, 0.3) is 0 Å². The molecule has 2 aromatic rings. The Kier molecular flexibility index (Phi) is 3.59. The van der Waals surface area contributed by atoms with Crippen molar-refractivity contribution in [2.45, 2.75) is 38.7 Å². The van der Waals surface area contributed by atoms with Gasteiger partial charge in [0.15, 0.2) is 0 Å². The lowest BCUT2D eigenvalue weighted by Gasteiger charge is -2.38. The molecule has 2 N–H and O–H groups in total. The van der Waals surface area contributed by atoms with Crippen molar-refractivity contribution in [3.05, 3.63) is 29.5 Å². The van der Waals surface area contributed by atoms with E-state index in [1.165, 1.54) is 0 Å². The number of piperidine rings is 1. The third kappa shape index (κ3) is 2.73. The zero-order valence-electron chi connectivity index (χ0n) is 12.4. The summed E-state index contributed by atoms with van der Waals surface area (Å²) in [6.45, 7) is 5.36. The predicted octanol–water partition coefficient (Wildman–Crippen LogP) is 0.954. The number of aromatic nitrogens is 5. The van der Waals surface area contributed by atoms with Crippen LogP contribution in [-0.2, 0) is 12.0 Å². The normalized spacial score (nSPS) is 22.5. The second-order valence-electron chi connectivity index (χ2n) is 5.55. The van der Waals surface area contributed by atoms with Gasteiger partial charge in [-0.1, -0.05) is 6.92 Å². The molecule has 112 valence electrons. The second kappa shape index (κ2) is 5.40. The number of aryl methyl sites for hydroxylation is 2. The van der Waals surface area contributed by atoms with E-state index in [2.05, 4.69) is 30.3 Å². The van der Waals surface area contributed by atoms with Gasteiger partial charge in [-0.05, 0) is 19.8 Å². The molecular formula is C14H20N6O. The molecule has 7 heteroatoms. The first-order chi connectivity index (χ1) is 10.1. The molecular weight excluding hydrogens is 268 g/mol. The molecule has 1 fully saturated rings. The number of H-pyrrole nitrogens is 1. The van der Waals surface area contributed by atoms with E-state index in [4.69, 9.17) is 0 Å². The monoisotopic (exact) mass is 288 g/mol. The summed E-state index contributed by atoms with van der Waals surface area (Å²) >= 11 is 0. The zero-order valence-corrected chi connectivity index (χ0v) is 12.4. The first-order valence-electron chi connectivity index (χ1n) is 7.29. The quantitative estimate of drug-likeness (QED) is 0.874. The van der Waals surface area contributed by atoms with Gasteiger partial charge in [-0.25, -0.2) is 9.97 Å². The van der Waals surface area contributed by atoms with Gasteiger partial charge in [0.2, 0.25) is 0 Å². The highest BCUT2D eigenvalue weighted by atomic mass is 16.3. The number of aliphatic hydroxyl groups is 1. The molecule has 0 saturated carbocycles. The maximum absolute atomic E-state index is 10.9. The molecule has 2 aromatic heterocycles. The lowest BCUT2D eigenvalue weighted by molar-refractivity contribution is 0.0174. The largest absolute Gasteiger partial charge is 0.382 e. The molecule has 0 aliphatic carbocycles. The molecule has 7 nitrogen and oxygen atoms in total. The van der Waals surface area contributed by atoms with E-state index >= 15 is 0 Å². The number of rotatable bonds is 3. The standard InChI is InChI=1S/C14H20N6O/c1-3-12-16-10(2)7-13(17-12)20-6-4-5-14(21,9-20)11-8-15-19-18-11/h7-8,21H,3-6,9H2,1-2H3,(H,15,18,19)/t14-/m1/s1. The molecule has 0 unspecified atom stereocenters. The highest BCUT2D eigenvalue weighted by Crippen LogP contribution is 2.31. The minimum atomic E-state index is -0.976. The van der Waals surface area contributed by atoms with Crippen molar-refractivity contribution < 1.29 is 5.11 Å². The first-order valence-corrected chi connectivity index (χ1v) is 7.29. The lowest BCUT2D eigenvalue weighted by atomic mass is 9.90. The van der Waals surface area contributed by atoms with Crippen molar-refractivity contribution in [3.63, 3.8) is 0 Å². The molecule has 1 aliphatic rings.